The van der Waals surface area contributed by atoms with Crippen molar-refractivity contribution in [3.8, 4) is 0 Å². The van der Waals surface area contributed by atoms with Crippen molar-refractivity contribution in [1.82, 2.24) is 0 Å². The first-order chi connectivity index (χ1) is 4.81. The molecule has 1 heteroatoms. The molecule has 0 aromatic carbocycles. The molecule has 0 heterocycles. The topological polar surface area (TPSA) is 17.1 Å². The molecule has 0 radical (unpaired) electrons. The Labute approximate surface area is 63.1 Å². The Bertz CT molecular complexity index is 96.9. The van der Waals surface area contributed by atoms with Crippen molar-refractivity contribution in [2.24, 2.45) is 5.92 Å². The zero-order valence-electron chi connectivity index (χ0n) is 6.68. The Kier molecular flexibility index (Phi) is 6.14. The van der Waals surface area contributed by atoms with Crippen molar-refractivity contribution in [2.45, 2.75) is 32.6 Å². The lowest BCUT2D eigenvalue weighted by Crippen LogP contribution is -1.94. The summed E-state index contributed by atoms with van der Waals surface area (Å²) in [4.78, 5) is 10.1. The lowest BCUT2D eigenvalue weighted by Gasteiger charge is -2.00. The third-order valence-electron chi connectivity index (χ3n) is 1.55. The zero-order valence-corrected chi connectivity index (χ0v) is 6.68. The molecule has 58 valence electrons. The summed E-state index contributed by atoms with van der Waals surface area (Å²) in [6, 6.07) is 0. The standard InChI is InChI=1S/C9H16O/c1-3-4-5-6-7-9(2)8-10/h3,8-9H,1,4-7H2,2H3. The van der Waals surface area contributed by atoms with Crippen LogP contribution in [0.15, 0.2) is 12.7 Å². The third kappa shape index (κ3) is 5.54. The van der Waals surface area contributed by atoms with Crippen molar-refractivity contribution >= 4 is 6.29 Å². The number of hydrogen-bond donors (Lipinski definition) is 0. The second-order valence-electron chi connectivity index (χ2n) is 2.69. The van der Waals surface area contributed by atoms with Crippen molar-refractivity contribution < 1.29 is 4.79 Å². The summed E-state index contributed by atoms with van der Waals surface area (Å²) in [6.07, 6.45) is 7.36. The third-order valence-corrected chi connectivity index (χ3v) is 1.55. The summed E-state index contributed by atoms with van der Waals surface area (Å²) < 4.78 is 0. The van der Waals surface area contributed by atoms with Gasteiger partial charge in [0, 0.05) is 5.92 Å². The number of carbonyl (C=O) groups is 1. The highest BCUT2D eigenvalue weighted by Crippen LogP contribution is 2.06. The van der Waals surface area contributed by atoms with Crippen molar-refractivity contribution in [2.75, 3.05) is 0 Å². The number of carbonyl (C=O) groups excluding carboxylic acids is 1. The van der Waals surface area contributed by atoms with Gasteiger partial charge in [0.1, 0.15) is 6.29 Å². The predicted molar refractivity (Wildman–Crippen MR) is 43.9 cm³/mol. The molecule has 0 bridgehead atoms. The molecule has 0 saturated heterocycles. The van der Waals surface area contributed by atoms with Gasteiger partial charge in [-0.05, 0) is 19.3 Å². The molecular weight excluding hydrogens is 124 g/mol. The molecule has 0 spiro atoms. The fourth-order valence-electron chi connectivity index (χ4n) is 0.823. The number of hydrogen-bond acceptors (Lipinski definition) is 1. The Balaban J connectivity index is 3.02. The van der Waals surface area contributed by atoms with E-state index in [2.05, 4.69) is 6.58 Å². The molecule has 0 aliphatic heterocycles. The van der Waals surface area contributed by atoms with Gasteiger partial charge in [0.25, 0.3) is 0 Å². The summed E-state index contributed by atoms with van der Waals surface area (Å²) >= 11 is 0. The summed E-state index contributed by atoms with van der Waals surface area (Å²) in [6.45, 7) is 5.59. The first kappa shape index (κ1) is 9.41. The van der Waals surface area contributed by atoms with Crippen LogP contribution in [0, 0.1) is 5.92 Å². The molecule has 0 aromatic heterocycles. The van der Waals surface area contributed by atoms with Gasteiger partial charge >= 0.3 is 0 Å². The molecule has 0 amide bonds. The average molecular weight is 140 g/mol. The summed E-state index contributed by atoms with van der Waals surface area (Å²) in [5.41, 5.74) is 0. The van der Waals surface area contributed by atoms with Gasteiger partial charge in [-0.25, -0.2) is 0 Å². The smallest absolute Gasteiger partial charge is 0.122 e. The van der Waals surface area contributed by atoms with Gasteiger partial charge in [-0.1, -0.05) is 19.4 Å². The molecule has 0 N–H and O–H groups in total. The van der Waals surface area contributed by atoms with Crippen LogP contribution in [0.4, 0.5) is 0 Å². The van der Waals surface area contributed by atoms with Gasteiger partial charge in [-0.15, -0.1) is 6.58 Å². The molecule has 0 aromatic rings. The zero-order chi connectivity index (χ0) is 7.82. The minimum Gasteiger partial charge on any atom is -0.303 e. The highest BCUT2D eigenvalue weighted by atomic mass is 16.1. The molecule has 10 heavy (non-hydrogen) atoms. The van der Waals surface area contributed by atoms with Crippen LogP contribution in [0.1, 0.15) is 32.6 Å². The van der Waals surface area contributed by atoms with Gasteiger partial charge < -0.3 is 4.79 Å². The maximum absolute atomic E-state index is 10.1. The SMILES string of the molecule is C=CCCCCC(C)C=O. The Hall–Kier alpha value is -0.590. The summed E-state index contributed by atoms with van der Waals surface area (Å²) in [5.74, 6) is 0.241. The minimum absolute atomic E-state index is 0.241. The molecule has 0 aliphatic rings. The van der Waals surface area contributed by atoms with E-state index in [1.807, 2.05) is 13.0 Å². The van der Waals surface area contributed by atoms with Crippen LogP contribution < -0.4 is 0 Å². The van der Waals surface area contributed by atoms with Gasteiger partial charge in [-0.3, -0.25) is 0 Å². The monoisotopic (exact) mass is 140 g/mol. The van der Waals surface area contributed by atoms with E-state index >= 15 is 0 Å². The second-order valence-corrected chi connectivity index (χ2v) is 2.69. The quantitative estimate of drug-likeness (QED) is 0.315. The largest absolute Gasteiger partial charge is 0.303 e. The normalized spacial score (nSPS) is 12.5. The Morgan fingerprint density at radius 2 is 2.20 bits per heavy atom. The lowest BCUT2D eigenvalue weighted by molar-refractivity contribution is -0.110. The highest BCUT2D eigenvalue weighted by Gasteiger charge is 1.96. The van der Waals surface area contributed by atoms with E-state index in [4.69, 9.17) is 0 Å². The van der Waals surface area contributed by atoms with Gasteiger partial charge in [0.15, 0.2) is 0 Å². The van der Waals surface area contributed by atoms with E-state index in [9.17, 15) is 4.79 Å². The van der Waals surface area contributed by atoms with Gasteiger partial charge in [-0.2, -0.15) is 0 Å². The predicted octanol–water partition coefficient (Wildman–Crippen LogP) is 2.57. The van der Waals surface area contributed by atoms with Crippen molar-refractivity contribution in [1.29, 1.82) is 0 Å². The van der Waals surface area contributed by atoms with E-state index in [1.165, 1.54) is 6.42 Å². The summed E-state index contributed by atoms with van der Waals surface area (Å²) in [5, 5.41) is 0. The van der Waals surface area contributed by atoms with Crippen LogP contribution in [0.5, 0.6) is 0 Å². The second kappa shape index (κ2) is 6.53. The molecular formula is C9H16O. The van der Waals surface area contributed by atoms with Crippen LogP contribution in [0.2, 0.25) is 0 Å². The van der Waals surface area contributed by atoms with E-state index in [0.29, 0.717) is 0 Å². The van der Waals surface area contributed by atoms with Crippen molar-refractivity contribution in [3.05, 3.63) is 12.7 Å². The van der Waals surface area contributed by atoms with Crippen LogP contribution in [-0.4, -0.2) is 6.29 Å². The molecule has 0 rings (SSSR count). The van der Waals surface area contributed by atoms with E-state index in [1.54, 1.807) is 0 Å². The molecule has 1 nitrogen and oxygen atoms in total. The molecule has 1 atom stereocenters. The fraction of sp³-hybridized carbons (Fsp3) is 0.667. The minimum atomic E-state index is 0.241. The number of rotatable bonds is 6. The van der Waals surface area contributed by atoms with E-state index < -0.39 is 0 Å². The lowest BCUT2D eigenvalue weighted by atomic mass is 10.1. The molecule has 1 unspecified atom stereocenters. The van der Waals surface area contributed by atoms with Crippen LogP contribution in [0.3, 0.4) is 0 Å². The van der Waals surface area contributed by atoms with Crippen molar-refractivity contribution in [3.63, 3.8) is 0 Å². The number of unbranched alkanes of at least 4 members (excludes halogenated alkanes) is 2. The molecule has 0 aliphatic carbocycles. The Morgan fingerprint density at radius 3 is 2.70 bits per heavy atom. The molecule has 0 saturated carbocycles. The Morgan fingerprint density at radius 1 is 1.50 bits per heavy atom. The first-order valence-electron chi connectivity index (χ1n) is 3.87. The summed E-state index contributed by atoms with van der Waals surface area (Å²) in [7, 11) is 0. The highest BCUT2D eigenvalue weighted by molar-refractivity contribution is 5.52. The average Bonchev–Trinajstić information content (AvgIpc) is 1.98. The van der Waals surface area contributed by atoms with Crippen LogP contribution >= 0.6 is 0 Å². The van der Waals surface area contributed by atoms with Crippen LogP contribution in [0.25, 0.3) is 0 Å². The number of aldehydes is 1. The van der Waals surface area contributed by atoms with Gasteiger partial charge in [0.2, 0.25) is 0 Å². The fourth-order valence-corrected chi connectivity index (χ4v) is 0.823. The van der Waals surface area contributed by atoms with Crippen LogP contribution in [-0.2, 0) is 4.79 Å². The number of allylic oxidation sites excluding steroid dienone is 1. The molecule has 0 fully saturated rings. The maximum Gasteiger partial charge on any atom is 0.122 e. The van der Waals surface area contributed by atoms with Gasteiger partial charge in [0.05, 0.1) is 0 Å². The maximum atomic E-state index is 10.1. The van der Waals surface area contributed by atoms with E-state index in [-0.39, 0.29) is 5.92 Å². The first-order valence-corrected chi connectivity index (χ1v) is 3.87. The van der Waals surface area contributed by atoms with E-state index in [0.717, 1.165) is 25.5 Å².